The van der Waals surface area contributed by atoms with Crippen LogP contribution in [0.5, 0.6) is 0 Å². The summed E-state index contributed by atoms with van der Waals surface area (Å²) in [5, 5.41) is 0. The van der Waals surface area contributed by atoms with Crippen molar-refractivity contribution in [1.82, 2.24) is 0 Å². The third-order valence-electron chi connectivity index (χ3n) is 4.76. The Kier molecular flexibility index (Phi) is 3.08. The number of carbonyl (C=O) groups is 2. The fourth-order valence-corrected chi connectivity index (χ4v) is 3.69. The molecule has 0 heterocycles. The summed E-state index contributed by atoms with van der Waals surface area (Å²) >= 11 is 0. The van der Waals surface area contributed by atoms with E-state index in [1.807, 2.05) is 6.92 Å². The minimum absolute atomic E-state index is 0.146. The lowest BCUT2D eigenvalue weighted by Gasteiger charge is -2.42. The number of benzene rings is 1. The molecule has 20 heavy (non-hydrogen) atoms. The number of ketones is 2. The third kappa shape index (κ3) is 1.76. The molecule has 2 nitrogen and oxygen atoms in total. The van der Waals surface area contributed by atoms with E-state index >= 15 is 0 Å². The zero-order valence-electron chi connectivity index (χ0n) is 11.5. The topological polar surface area (TPSA) is 34.1 Å². The second-order valence-corrected chi connectivity index (χ2v) is 5.72. The van der Waals surface area contributed by atoms with E-state index in [2.05, 4.69) is 0 Å². The van der Waals surface area contributed by atoms with Gasteiger partial charge in [0.2, 0.25) is 0 Å². The van der Waals surface area contributed by atoms with Gasteiger partial charge in [0, 0.05) is 12.8 Å². The highest BCUT2D eigenvalue weighted by molar-refractivity contribution is 6.04. The minimum atomic E-state index is -0.677. The van der Waals surface area contributed by atoms with E-state index in [1.54, 1.807) is 12.1 Å². The van der Waals surface area contributed by atoms with Crippen LogP contribution >= 0.6 is 0 Å². The molecule has 2 aliphatic carbocycles. The molecular weight excluding hydrogens is 255 g/mol. The quantitative estimate of drug-likeness (QED) is 0.784. The van der Waals surface area contributed by atoms with Gasteiger partial charge in [-0.15, -0.1) is 0 Å². The summed E-state index contributed by atoms with van der Waals surface area (Å²) in [5.41, 5.74) is 1.87. The Bertz CT molecular complexity index is 612. The fourth-order valence-electron chi connectivity index (χ4n) is 3.69. The molecule has 1 aromatic carbocycles. The maximum Gasteiger partial charge on any atom is 0.158 e. The maximum atomic E-state index is 13.2. The van der Waals surface area contributed by atoms with E-state index in [0.29, 0.717) is 19.3 Å². The number of hydrogen-bond acceptors (Lipinski definition) is 2. The lowest BCUT2D eigenvalue weighted by atomic mass is 9.59. The van der Waals surface area contributed by atoms with E-state index in [9.17, 15) is 14.0 Å². The largest absolute Gasteiger partial charge is 0.298 e. The smallest absolute Gasteiger partial charge is 0.158 e. The van der Waals surface area contributed by atoms with Crippen LogP contribution in [-0.2, 0) is 15.0 Å². The molecule has 3 rings (SSSR count). The highest BCUT2D eigenvalue weighted by atomic mass is 19.1. The Labute approximate surface area is 117 Å². The summed E-state index contributed by atoms with van der Waals surface area (Å²) in [6.45, 7) is 1.83. The van der Waals surface area contributed by atoms with Crippen molar-refractivity contribution in [3.8, 4) is 0 Å². The van der Waals surface area contributed by atoms with Crippen LogP contribution in [-0.4, -0.2) is 11.6 Å². The van der Waals surface area contributed by atoms with Crippen molar-refractivity contribution in [3.63, 3.8) is 0 Å². The Hall–Kier alpha value is -1.77. The van der Waals surface area contributed by atoms with Crippen LogP contribution in [0.4, 0.5) is 4.39 Å². The van der Waals surface area contributed by atoms with Crippen molar-refractivity contribution in [2.75, 3.05) is 0 Å². The summed E-state index contributed by atoms with van der Waals surface area (Å²) in [7, 11) is 0. The SMILES string of the molecule is CC1=C2CCCC(=O)[C@@]2(c2ccc(F)cc2)CCC1=O. The van der Waals surface area contributed by atoms with E-state index < -0.39 is 5.41 Å². The molecule has 1 saturated carbocycles. The molecular formula is C17H17FO2. The number of rotatable bonds is 1. The second-order valence-electron chi connectivity index (χ2n) is 5.72. The summed E-state index contributed by atoms with van der Waals surface area (Å²) in [6.07, 6.45) is 3.08. The normalized spacial score (nSPS) is 26.7. The highest BCUT2D eigenvalue weighted by Gasteiger charge is 2.48. The number of fused-ring (bicyclic) bond motifs is 1. The first-order chi connectivity index (χ1) is 9.55. The van der Waals surface area contributed by atoms with Crippen LogP contribution < -0.4 is 0 Å². The Morgan fingerprint density at radius 3 is 2.45 bits per heavy atom. The van der Waals surface area contributed by atoms with Crippen molar-refractivity contribution in [3.05, 3.63) is 46.8 Å². The zero-order valence-corrected chi connectivity index (χ0v) is 11.5. The van der Waals surface area contributed by atoms with Crippen molar-refractivity contribution in [2.45, 2.75) is 44.4 Å². The van der Waals surface area contributed by atoms with Crippen LogP contribution in [0.3, 0.4) is 0 Å². The first-order valence-corrected chi connectivity index (χ1v) is 7.08. The van der Waals surface area contributed by atoms with E-state index in [1.165, 1.54) is 12.1 Å². The van der Waals surface area contributed by atoms with Gasteiger partial charge < -0.3 is 0 Å². The number of hydrogen-bond donors (Lipinski definition) is 0. The summed E-state index contributed by atoms with van der Waals surface area (Å²) < 4.78 is 13.2. The average Bonchev–Trinajstić information content (AvgIpc) is 2.45. The van der Waals surface area contributed by atoms with Gasteiger partial charge >= 0.3 is 0 Å². The molecule has 0 radical (unpaired) electrons. The molecule has 104 valence electrons. The first kappa shape index (κ1) is 13.2. The van der Waals surface area contributed by atoms with E-state index in [0.717, 1.165) is 29.6 Å². The monoisotopic (exact) mass is 272 g/mol. The van der Waals surface area contributed by atoms with Crippen molar-refractivity contribution in [1.29, 1.82) is 0 Å². The van der Waals surface area contributed by atoms with Gasteiger partial charge in [-0.3, -0.25) is 9.59 Å². The maximum absolute atomic E-state index is 13.2. The van der Waals surface area contributed by atoms with Gasteiger partial charge in [0.1, 0.15) is 11.6 Å². The third-order valence-corrected chi connectivity index (χ3v) is 4.76. The molecule has 1 fully saturated rings. The zero-order chi connectivity index (χ0) is 14.3. The molecule has 0 bridgehead atoms. The summed E-state index contributed by atoms with van der Waals surface area (Å²) in [6, 6.07) is 6.19. The fraction of sp³-hybridized carbons (Fsp3) is 0.412. The first-order valence-electron chi connectivity index (χ1n) is 7.08. The van der Waals surface area contributed by atoms with Crippen LogP contribution in [0.25, 0.3) is 0 Å². The molecule has 1 aromatic rings. The van der Waals surface area contributed by atoms with Crippen LogP contribution in [0.1, 0.15) is 44.6 Å². The number of Topliss-reactive ketones (excluding diaryl/α,β-unsaturated/α-hetero) is 2. The van der Waals surface area contributed by atoms with Gasteiger partial charge in [0.25, 0.3) is 0 Å². The van der Waals surface area contributed by atoms with Crippen molar-refractivity contribution < 1.29 is 14.0 Å². The van der Waals surface area contributed by atoms with Gasteiger partial charge in [-0.1, -0.05) is 12.1 Å². The summed E-state index contributed by atoms with van der Waals surface area (Å²) in [5.74, 6) is 0.0205. The van der Waals surface area contributed by atoms with Gasteiger partial charge in [-0.05, 0) is 55.0 Å². The van der Waals surface area contributed by atoms with E-state index in [4.69, 9.17) is 0 Å². The van der Waals surface area contributed by atoms with Crippen molar-refractivity contribution >= 4 is 11.6 Å². The molecule has 0 spiro atoms. The summed E-state index contributed by atoms with van der Waals surface area (Å²) in [4.78, 5) is 24.6. The Morgan fingerprint density at radius 1 is 1.05 bits per heavy atom. The molecule has 2 aliphatic rings. The van der Waals surface area contributed by atoms with Gasteiger partial charge in [-0.25, -0.2) is 4.39 Å². The van der Waals surface area contributed by atoms with Gasteiger partial charge in [-0.2, -0.15) is 0 Å². The highest BCUT2D eigenvalue weighted by Crippen LogP contribution is 2.48. The number of carbonyl (C=O) groups excluding carboxylic acids is 2. The number of allylic oxidation sites excluding steroid dienone is 2. The molecule has 3 heteroatoms. The van der Waals surface area contributed by atoms with E-state index in [-0.39, 0.29) is 17.4 Å². The second kappa shape index (κ2) is 4.65. The molecule has 0 N–H and O–H groups in total. The Balaban J connectivity index is 2.22. The predicted molar refractivity (Wildman–Crippen MR) is 73.9 cm³/mol. The molecule has 0 aromatic heterocycles. The molecule has 0 amide bonds. The lowest BCUT2D eigenvalue weighted by Crippen LogP contribution is -2.44. The molecule has 0 aliphatic heterocycles. The molecule has 0 unspecified atom stereocenters. The van der Waals surface area contributed by atoms with Crippen LogP contribution in [0.2, 0.25) is 0 Å². The Morgan fingerprint density at radius 2 is 1.75 bits per heavy atom. The van der Waals surface area contributed by atoms with Crippen LogP contribution in [0.15, 0.2) is 35.4 Å². The molecule has 1 atom stereocenters. The minimum Gasteiger partial charge on any atom is -0.298 e. The standard InChI is InChI=1S/C17H17FO2/c1-11-14-3-2-4-16(20)17(14,10-9-15(11)19)12-5-7-13(18)8-6-12/h5-8H,2-4,9-10H2,1H3/t17-/m1/s1. The predicted octanol–water partition coefficient (Wildman–Crippen LogP) is 3.50. The van der Waals surface area contributed by atoms with Crippen molar-refractivity contribution in [2.24, 2.45) is 0 Å². The van der Waals surface area contributed by atoms with Gasteiger partial charge in [0.05, 0.1) is 5.41 Å². The lowest BCUT2D eigenvalue weighted by molar-refractivity contribution is -0.126. The van der Waals surface area contributed by atoms with Gasteiger partial charge in [0.15, 0.2) is 5.78 Å². The van der Waals surface area contributed by atoms with Crippen LogP contribution in [0, 0.1) is 5.82 Å². The molecule has 0 saturated heterocycles. The average molecular weight is 272 g/mol. The number of halogens is 1.